The van der Waals surface area contributed by atoms with Gasteiger partial charge in [-0.1, -0.05) is 36.4 Å². The van der Waals surface area contributed by atoms with Crippen LogP contribution in [0.25, 0.3) is 11.1 Å². The molecule has 0 aliphatic rings. The molecule has 1 aromatic heterocycles. The molecule has 0 fully saturated rings. The Bertz CT molecular complexity index is 1030. The number of carbonyl (C=O) groups is 2. The molecule has 0 saturated heterocycles. The van der Waals surface area contributed by atoms with Crippen LogP contribution < -0.4 is 10.1 Å². The Labute approximate surface area is 204 Å². The number of rotatable bonds is 10. The summed E-state index contributed by atoms with van der Waals surface area (Å²) in [4.78, 5) is 28.6. The third kappa shape index (κ3) is 8.53. The highest BCUT2D eigenvalue weighted by Gasteiger charge is 2.22. The van der Waals surface area contributed by atoms with E-state index in [0.717, 1.165) is 16.7 Å². The third-order valence-corrected chi connectivity index (χ3v) is 5.31. The fourth-order valence-corrected chi connectivity index (χ4v) is 3.54. The number of ether oxygens (including phenoxy) is 2. The van der Waals surface area contributed by atoms with Gasteiger partial charge in [0.25, 0.3) is 5.91 Å². The van der Waals surface area contributed by atoms with Crippen molar-refractivity contribution in [3.63, 3.8) is 0 Å². The Morgan fingerprint density at radius 2 is 1.82 bits per heavy atom. The summed E-state index contributed by atoms with van der Waals surface area (Å²) in [7, 11) is 3.25. The van der Waals surface area contributed by atoms with E-state index in [9.17, 15) is 14.7 Å². The largest absolute Gasteiger partial charge is 0.487 e. The van der Waals surface area contributed by atoms with E-state index >= 15 is 0 Å². The number of methoxy groups -OCH3 is 1. The van der Waals surface area contributed by atoms with E-state index in [1.54, 1.807) is 50.5 Å². The van der Waals surface area contributed by atoms with Crippen molar-refractivity contribution >= 4 is 23.6 Å². The first-order chi connectivity index (χ1) is 16.5. The van der Waals surface area contributed by atoms with Gasteiger partial charge in [0, 0.05) is 26.0 Å². The van der Waals surface area contributed by atoms with Crippen molar-refractivity contribution < 1.29 is 24.2 Å². The predicted octanol–water partition coefficient (Wildman–Crippen LogP) is 4.53. The monoisotopic (exact) mass is 482 g/mol. The summed E-state index contributed by atoms with van der Waals surface area (Å²) in [6.45, 7) is 0.318. The first-order valence-electron chi connectivity index (χ1n) is 10.6. The van der Waals surface area contributed by atoms with Crippen LogP contribution in [0.4, 0.5) is 0 Å². The first kappa shape index (κ1) is 26.9. The van der Waals surface area contributed by atoms with Crippen LogP contribution in [0.15, 0.2) is 73.1 Å². The topological polar surface area (TPSA) is 97.8 Å². The van der Waals surface area contributed by atoms with Crippen LogP contribution in [-0.4, -0.2) is 54.2 Å². The highest BCUT2D eigenvalue weighted by atomic mass is 32.2. The third-order valence-electron chi connectivity index (χ3n) is 4.67. The quantitative estimate of drug-likeness (QED) is 0.438. The lowest BCUT2D eigenvalue weighted by Gasteiger charge is -2.17. The number of aromatic nitrogens is 1. The Hall–Kier alpha value is -3.36. The summed E-state index contributed by atoms with van der Waals surface area (Å²) in [5.74, 6) is -0.145. The molecule has 0 unspecified atom stereocenters. The highest BCUT2D eigenvalue weighted by Crippen LogP contribution is 2.26. The van der Waals surface area contributed by atoms with Gasteiger partial charge in [-0.3, -0.25) is 9.78 Å². The van der Waals surface area contributed by atoms with Crippen molar-refractivity contribution in [3.8, 4) is 16.9 Å². The van der Waals surface area contributed by atoms with Gasteiger partial charge < -0.3 is 19.9 Å². The number of thioether (sulfide) groups is 1. The van der Waals surface area contributed by atoms with Gasteiger partial charge >= 0.3 is 5.97 Å². The van der Waals surface area contributed by atoms with Crippen LogP contribution in [0.1, 0.15) is 22.3 Å². The first-order valence-corrected chi connectivity index (χ1v) is 12.0. The van der Waals surface area contributed by atoms with Crippen LogP contribution in [0.2, 0.25) is 0 Å². The number of carboxylic acid groups (broad SMARTS) is 1. The Morgan fingerprint density at radius 1 is 1.09 bits per heavy atom. The van der Waals surface area contributed by atoms with Crippen molar-refractivity contribution in [1.82, 2.24) is 10.3 Å². The summed E-state index contributed by atoms with van der Waals surface area (Å²) < 4.78 is 10.0. The lowest BCUT2D eigenvalue weighted by atomic mass is 9.96. The summed E-state index contributed by atoms with van der Waals surface area (Å²) in [6.07, 6.45) is 5.58. The second-order valence-corrected chi connectivity index (χ2v) is 8.26. The summed E-state index contributed by atoms with van der Waals surface area (Å²) in [6, 6.07) is 17.7. The van der Waals surface area contributed by atoms with Gasteiger partial charge in [-0.05, 0) is 59.4 Å². The van der Waals surface area contributed by atoms with Crippen molar-refractivity contribution in [3.05, 3.63) is 84.2 Å². The number of nitrogens with one attached hydrogen (secondary N) is 1. The standard InChI is InChI=1S/C24H24N2O4S.C2H6O/c1-31-13-11-22(24(28)29)26-23(27)20-10-9-17(16-30-19-8-5-12-25-15-19)14-21(20)18-6-3-2-4-7-18;1-3-2/h2-10,12,14-15,22H,11,13,16H2,1H3,(H,26,27)(H,28,29);1-2H3/t22-;/m0./s1. The predicted molar refractivity (Wildman–Crippen MR) is 135 cm³/mol. The number of nitrogens with zero attached hydrogens (tertiary/aromatic N) is 1. The van der Waals surface area contributed by atoms with Gasteiger partial charge in [-0.2, -0.15) is 11.8 Å². The fourth-order valence-electron chi connectivity index (χ4n) is 3.06. The Kier molecular flexibility index (Phi) is 11.6. The molecule has 0 aliphatic heterocycles. The molecule has 2 N–H and O–H groups in total. The number of benzene rings is 2. The van der Waals surface area contributed by atoms with Crippen molar-refractivity contribution in [1.29, 1.82) is 0 Å². The molecule has 180 valence electrons. The second kappa shape index (κ2) is 14.7. The van der Waals surface area contributed by atoms with Crippen molar-refractivity contribution in [2.45, 2.75) is 19.1 Å². The molecular formula is C26H30N2O5S. The Balaban J connectivity index is 0.00000129. The van der Waals surface area contributed by atoms with Crippen LogP contribution in [0.5, 0.6) is 5.75 Å². The summed E-state index contributed by atoms with van der Waals surface area (Å²) >= 11 is 1.54. The lowest BCUT2D eigenvalue weighted by molar-refractivity contribution is -0.139. The summed E-state index contributed by atoms with van der Waals surface area (Å²) in [5, 5.41) is 12.1. The number of aliphatic carboxylic acids is 1. The zero-order valence-electron chi connectivity index (χ0n) is 19.6. The zero-order valence-corrected chi connectivity index (χ0v) is 20.4. The number of hydrogen-bond donors (Lipinski definition) is 2. The van der Waals surface area contributed by atoms with Gasteiger partial charge in [0.2, 0.25) is 0 Å². The van der Waals surface area contributed by atoms with E-state index in [1.807, 2.05) is 54.8 Å². The van der Waals surface area contributed by atoms with Crippen molar-refractivity contribution in [2.24, 2.45) is 0 Å². The van der Waals surface area contributed by atoms with E-state index in [-0.39, 0.29) is 0 Å². The number of pyridine rings is 1. The van der Waals surface area contributed by atoms with E-state index in [4.69, 9.17) is 4.74 Å². The van der Waals surface area contributed by atoms with Crippen molar-refractivity contribution in [2.75, 3.05) is 26.2 Å². The Morgan fingerprint density at radius 3 is 2.44 bits per heavy atom. The molecule has 0 radical (unpaired) electrons. The average Bonchev–Trinajstić information content (AvgIpc) is 2.86. The zero-order chi connectivity index (χ0) is 24.8. The highest BCUT2D eigenvalue weighted by molar-refractivity contribution is 7.98. The maximum Gasteiger partial charge on any atom is 0.326 e. The van der Waals surface area contributed by atoms with E-state index in [0.29, 0.717) is 30.1 Å². The molecule has 1 heterocycles. The van der Waals surface area contributed by atoms with E-state index < -0.39 is 17.9 Å². The smallest absolute Gasteiger partial charge is 0.326 e. The number of amides is 1. The van der Waals surface area contributed by atoms with Gasteiger partial charge in [0.1, 0.15) is 18.4 Å². The fraction of sp³-hybridized carbons (Fsp3) is 0.269. The van der Waals surface area contributed by atoms with Gasteiger partial charge in [0.15, 0.2) is 0 Å². The van der Waals surface area contributed by atoms with Crippen LogP contribution in [0, 0.1) is 0 Å². The SMILES string of the molecule is COC.CSCC[C@H](NC(=O)c1ccc(COc2cccnc2)cc1-c1ccccc1)C(=O)O. The number of carboxylic acids is 1. The molecule has 0 spiro atoms. The van der Waals surface area contributed by atoms with Gasteiger partial charge in [0.05, 0.1) is 6.20 Å². The van der Waals surface area contributed by atoms with E-state index in [1.165, 1.54) is 0 Å². The molecule has 3 aromatic rings. The minimum Gasteiger partial charge on any atom is -0.487 e. The van der Waals surface area contributed by atoms with Gasteiger partial charge in [-0.25, -0.2) is 4.79 Å². The minimum atomic E-state index is -1.04. The normalized spacial score (nSPS) is 11.0. The number of carbonyl (C=O) groups excluding carboxylic acids is 1. The van der Waals surface area contributed by atoms with Crippen LogP contribution >= 0.6 is 11.8 Å². The molecule has 2 aromatic carbocycles. The molecule has 0 bridgehead atoms. The maximum atomic E-state index is 13.0. The molecule has 7 nitrogen and oxygen atoms in total. The minimum absolute atomic E-state index is 0.318. The molecule has 1 amide bonds. The van der Waals surface area contributed by atoms with Gasteiger partial charge in [-0.15, -0.1) is 0 Å². The summed E-state index contributed by atoms with van der Waals surface area (Å²) in [5.41, 5.74) is 2.90. The lowest BCUT2D eigenvalue weighted by Crippen LogP contribution is -2.41. The van der Waals surface area contributed by atoms with E-state index in [2.05, 4.69) is 15.0 Å². The molecule has 3 rings (SSSR count). The molecule has 0 aliphatic carbocycles. The second-order valence-electron chi connectivity index (χ2n) is 7.28. The van der Waals surface area contributed by atoms with Crippen LogP contribution in [-0.2, 0) is 16.1 Å². The maximum absolute atomic E-state index is 13.0. The number of hydrogen-bond acceptors (Lipinski definition) is 6. The molecular weight excluding hydrogens is 452 g/mol. The van der Waals surface area contributed by atoms with Crippen LogP contribution in [0.3, 0.4) is 0 Å². The molecule has 0 saturated carbocycles. The average molecular weight is 483 g/mol. The molecule has 34 heavy (non-hydrogen) atoms. The molecule has 1 atom stereocenters. The molecule has 8 heteroatoms.